The first-order valence-corrected chi connectivity index (χ1v) is 7.81. The first-order chi connectivity index (χ1) is 7.27. The number of halogens is 1. The molecule has 1 atom stereocenters. The lowest BCUT2D eigenvalue weighted by Gasteiger charge is -2.11. The van der Waals surface area contributed by atoms with E-state index in [1.165, 1.54) is 6.26 Å². The predicted molar refractivity (Wildman–Crippen MR) is 71.8 cm³/mol. The molecule has 0 bridgehead atoms. The molecule has 1 aromatic heterocycles. The van der Waals surface area contributed by atoms with Crippen LogP contribution in [0.1, 0.15) is 30.6 Å². The number of aryl methyl sites for hydroxylation is 1. The molecule has 90 valence electrons. The van der Waals surface area contributed by atoms with Gasteiger partial charge in [-0.1, -0.05) is 6.92 Å². The van der Waals surface area contributed by atoms with Gasteiger partial charge in [-0.15, -0.1) is 0 Å². The second-order valence-electron chi connectivity index (χ2n) is 3.55. The normalized spacial score (nSPS) is 13.8. The van der Waals surface area contributed by atoms with Crippen LogP contribution in [0.3, 0.4) is 0 Å². The number of hydrogen-bond acceptors (Lipinski definition) is 5. The topological polar surface area (TPSA) is 85.9 Å². The lowest BCUT2D eigenvalue weighted by Crippen LogP contribution is -2.15. The van der Waals surface area contributed by atoms with Crippen molar-refractivity contribution in [3.05, 3.63) is 15.1 Å². The molecule has 0 saturated heterocycles. The van der Waals surface area contributed by atoms with Crippen molar-refractivity contribution in [1.29, 1.82) is 0 Å². The number of anilines is 1. The van der Waals surface area contributed by atoms with Crippen LogP contribution in [-0.2, 0) is 16.3 Å². The van der Waals surface area contributed by atoms with Gasteiger partial charge in [-0.05, 0) is 35.9 Å². The average molecular weight is 355 g/mol. The molecule has 1 rings (SSSR count). The highest BCUT2D eigenvalue weighted by molar-refractivity contribution is 14.1. The molecule has 1 aromatic rings. The molecule has 0 fully saturated rings. The van der Waals surface area contributed by atoms with E-state index in [1.54, 1.807) is 6.92 Å². The summed E-state index contributed by atoms with van der Waals surface area (Å²) >= 11 is 2.07. The second kappa shape index (κ2) is 4.82. The summed E-state index contributed by atoms with van der Waals surface area (Å²) in [6.07, 6.45) is 1.87. The molecule has 7 heteroatoms. The Bertz CT molecular complexity index is 502. The highest BCUT2D eigenvalue weighted by Crippen LogP contribution is 2.22. The molecule has 0 radical (unpaired) electrons. The van der Waals surface area contributed by atoms with E-state index in [2.05, 4.69) is 32.6 Å². The fourth-order valence-electron chi connectivity index (χ4n) is 1.14. The first kappa shape index (κ1) is 13.6. The third kappa shape index (κ3) is 2.82. The van der Waals surface area contributed by atoms with Crippen LogP contribution >= 0.6 is 22.6 Å². The summed E-state index contributed by atoms with van der Waals surface area (Å²) in [5, 5.41) is -0.725. The smallest absolute Gasteiger partial charge is 0.157 e. The third-order valence-corrected chi connectivity index (χ3v) is 4.97. The molecule has 5 nitrogen and oxygen atoms in total. The van der Waals surface area contributed by atoms with E-state index < -0.39 is 15.1 Å². The highest BCUT2D eigenvalue weighted by atomic mass is 127. The zero-order chi connectivity index (χ0) is 12.5. The van der Waals surface area contributed by atoms with Crippen LogP contribution in [-0.4, -0.2) is 24.6 Å². The van der Waals surface area contributed by atoms with Crippen LogP contribution in [0.2, 0.25) is 0 Å². The van der Waals surface area contributed by atoms with Crippen molar-refractivity contribution < 1.29 is 8.42 Å². The summed E-state index contributed by atoms with van der Waals surface area (Å²) in [6.45, 7) is 3.51. The number of hydrogen-bond donors (Lipinski definition) is 1. The van der Waals surface area contributed by atoms with Crippen molar-refractivity contribution in [1.82, 2.24) is 9.97 Å². The van der Waals surface area contributed by atoms with Gasteiger partial charge < -0.3 is 5.73 Å². The fraction of sp³-hybridized carbons (Fsp3) is 0.556. The van der Waals surface area contributed by atoms with Crippen molar-refractivity contribution in [3.8, 4) is 0 Å². The Morgan fingerprint density at radius 1 is 1.44 bits per heavy atom. The first-order valence-electron chi connectivity index (χ1n) is 4.78. The highest BCUT2D eigenvalue weighted by Gasteiger charge is 2.22. The van der Waals surface area contributed by atoms with E-state index in [9.17, 15) is 8.42 Å². The molecule has 0 spiro atoms. The van der Waals surface area contributed by atoms with Crippen molar-refractivity contribution in [2.75, 3.05) is 12.0 Å². The lowest BCUT2D eigenvalue weighted by atomic mass is 10.3. The molecular weight excluding hydrogens is 341 g/mol. The van der Waals surface area contributed by atoms with Gasteiger partial charge >= 0.3 is 0 Å². The molecule has 0 aromatic carbocycles. The van der Waals surface area contributed by atoms with Crippen LogP contribution in [0.15, 0.2) is 0 Å². The van der Waals surface area contributed by atoms with Crippen molar-refractivity contribution in [3.63, 3.8) is 0 Å². The zero-order valence-corrected chi connectivity index (χ0v) is 12.3. The van der Waals surface area contributed by atoms with Crippen molar-refractivity contribution in [2.24, 2.45) is 0 Å². The predicted octanol–water partition coefficient (Wildman–Crippen LogP) is 1.33. The van der Waals surface area contributed by atoms with Gasteiger partial charge in [-0.2, -0.15) is 0 Å². The molecule has 0 aliphatic rings. The second-order valence-corrected chi connectivity index (χ2v) is 7.00. The maximum absolute atomic E-state index is 11.4. The monoisotopic (exact) mass is 355 g/mol. The van der Waals surface area contributed by atoms with Gasteiger partial charge in [-0.25, -0.2) is 18.4 Å². The summed E-state index contributed by atoms with van der Waals surface area (Å²) in [4.78, 5) is 8.27. The van der Waals surface area contributed by atoms with Gasteiger partial charge in [0.25, 0.3) is 0 Å². The third-order valence-electron chi connectivity index (χ3n) is 2.30. The number of rotatable bonds is 3. The number of nitrogens with zero attached hydrogens (tertiary/aromatic N) is 2. The number of sulfone groups is 1. The Morgan fingerprint density at radius 2 is 2.00 bits per heavy atom. The SMILES string of the molecule is CCc1nc(C(C)S(C)(=O)=O)nc(N)c1I. The van der Waals surface area contributed by atoms with Gasteiger partial charge in [0.15, 0.2) is 9.84 Å². The summed E-state index contributed by atoms with van der Waals surface area (Å²) in [7, 11) is -3.19. The average Bonchev–Trinajstić information content (AvgIpc) is 2.19. The maximum Gasteiger partial charge on any atom is 0.157 e. The van der Waals surface area contributed by atoms with Gasteiger partial charge in [0.1, 0.15) is 16.9 Å². The van der Waals surface area contributed by atoms with Gasteiger partial charge in [0.2, 0.25) is 0 Å². The van der Waals surface area contributed by atoms with E-state index in [-0.39, 0.29) is 5.82 Å². The molecule has 1 heterocycles. The number of nitrogens with two attached hydrogens (primary N) is 1. The minimum atomic E-state index is -3.19. The Balaban J connectivity index is 3.32. The molecule has 0 aliphatic carbocycles. The summed E-state index contributed by atoms with van der Waals surface area (Å²) < 4.78 is 23.6. The van der Waals surface area contributed by atoms with Crippen LogP contribution < -0.4 is 5.73 Å². The summed E-state index contributed by atoms with van der Waals surface area (Å²) in [5.74, 6) is 0.621. The van der Waals surface area contributed by atoms with Crippen LogP contribution in [0, 0.1) is 3.57 Å². The summed E-state index contributed by atoms with van der Waals surface area (Å²) in [5.41, 5.74) is 6.52. The Morgan fingerprint density at radius 3 is 2.44 bits per heavy atom. The molecule has 2 N–H and O–H groups in total. The van der Waals surface area contributed by atoms with E-state index in [4.69, 9.17) is 5.73 Å². The lowest BCUT2D eigenvalue weighted by molar-refractivity contribution is 0.589. The molecule has 0 amide bonds. The fourth-order valence-corrected chi connectivity index (χ4v) is 2.25. The van der Waals surface area contributed by atoms with E-state index in [1.807, 2.05) is 6.92 Å². The Hall–Kier alpha value is -0.440. The minimum Gasteiger partial charge on any atom is -0.383 e. The van der Waals surface area contributed by atoms with Crippen LogP contribution in [0.5, 0.6) is 0 Å². The Labute approximate surface area is 109 Å². The van der Waals surface area contributed by atoms with Crippen molar-refractivity contribution in [2.45, 2.75) is 25.5 Å². The standard InChI is InChI=1S/C9H14IN3O2S/c1-4-6-7(10)8(11)13-9(12-6)5(2)16(3,14)15/h5H,4H2,1-3H3,(H2,11,12,13). The molecule has 0 saturated carbocycles. The van der Waals surface area contributed by atoms with E-state index >= 15 is 0 Å². The number of aromatic nitrogens is 2. The number of nitrogen functional groups attached to an aromatic ring is 1. The maximum atomic E-state index is 11.4. The Kier molecular flexibility index (Phi) is 4.11. The van der Waals surface area contributed by atoms with E-state index in [0.29, 0.717) is 12.2 Å². The van der Waals surface area contributed by atoms with Crippen LogP contribution in [0.25, 0.3) is 0 Å². The molecule has 0 aliphatic heterocycles. The van der Waals surface area contributed by atoms with E-state index in [0.717, 1.165) is 9.26 Å². The van der Waals surface area contributed by atoms with Gasteiger partial charge in [-0.3, -0.25) is 0 Å². The van der Waals surface area contributed by atoms with Gasteiger partial charge in [0.05, 0.1) is 9.26 Å². The largest absolute Gasteiger partial charge is 0.383 e. The molecular formula is C9H14IN3O2S. The van der Waals surface area contributed by atoms with Crippen LogP contribution in [0.4, 0.5) is 5.82 Å². The molecule has 1 unspecified atom stereocenters. The van der Waals surface area contributed by atoms with Gasteiger partial charge in [0, 0.05) is 6.26 Å². The summed E-state index contributed by atoms with van der Waals surface area (Å²) in [6, 6.07) is 0. The molecule has 16 heavy (non-hydrogen) atoms. The quantitative estimate of drug-likeness (QED) is 0.827. The zero-order valence-electron chi connectivity index (χ0n) is 9.36. The van der Waals surface area contributed by atoms with Crippen molar-refractivity contribution >= 4 is 38.2 Å². The minimum absolute atomic E-state index is 0.275.